The van der Waals surface area contributed by atoms with Gasteiger partial charge in [-0.3, -0.25) is 0 Å². The molecule has 0 bridgehead atoms. The Bertz CT molecular complexity index is 283. The maximum atomic E-state index is 11.2. The summed E-state index contributed by atoms with van der Waals surface area (Å²) in [4.78, 5) is 11.2. The lowest BCUT2D eigenvalue weighted by molar-refractivity contribution is 0.0404. The van der Waals surface area contributed by atoms with Crippen molar-refractivity contribution in [3.05, 3.63) is 0 Å². The van der Waals surface area contributed by atoms with Gasteiger partial charge in [0, 0.05) is 0 Å². The summed E-state index contributed by atoms with van der Waals surface area (Å²) in [5.41, 5.74) is 3.23. The third kappa shape index (κ3) is 9.95. The first-order chi connectivity index (χ1) is 7.89. The minimum atomic E-state index is -1.42. The minimum Gasteiger partial charge on any atom is -0.435 e. The summed E-state index contributed by atoms with van der Waals surface area (Å²) in [7, 11) is -1.42. The van der Waals surface area contributed by atoms with Gasteiger partial charge in [-0.1, -0.05) is 38.9 Å². The Kier molecular flexibility index (Phi) is 7.73. The van der Waals surface area contributed by atoms with Gasteiger partial charge in [-0.05, 0) is 19.8 Å². The van der Waals surface area contributed by atoms with E-state index in [0.717, 1.165) is 19.3 Å². The summed E-state index contributed by atoms with van der Waals surface area (Å²) >= 11 is 0. The molecule has 0 rings (SSSR count). The molecule has 0 radical (unpaired) electrons. The van der Waals surface area contributed by atoms with Crippen LogP contribution in [0.3, 0.4) is 0 Å². The van der Waals surface area contributed by atoms with Gasteiger partial charge in [0.25, 0.3) is 0 Å². The SMILES string of the molecule is CCCC[C@@H](C#C[Si](C)(C)C)OC(=O)OCC. The summed E-state index contributed by atoms with van der Waals surface area (Å²) in [5.74, 6) is 3.07. The van der Waals surface area contributed by atoms with Crippen molar-refractivity contribution >= 4 is 14.2 Å². The fraction of sp³-hybridized carbons (Fsp3) is 0.769. The molecule has 0 amide bonds. The Morgan fingerprint density at radius 3 is 2.41 bits per heavy atom. The summed E-state index contributed by atoms with van der Waals surface area (Å²) in [6.45, 7) is 10.7. The van der Waals surface area contributed by atoms with Gasteiger partial charge in [-0.15, -0.1) is 5.54 Å². The Balaban J connectivity index is 4.41. The molecule has 17 heavy (non-hydrogen) atoms. The molecule has 4 heteroatoms. The molecule has 0 aromatic heterocycles. The molecule has 0 aliphatic rings. The van der Waals surface area contributed by atoms with Crippen molar-refractivity contribution < 1.29 is 14.3 Å². The van der Waals surface area contributed by atoms with E-state index in [9.17, 15) is 4.79 Å². The fourth-order valence-corrected chi connectivity index (χ4v) is 1.71. The van der Waals surface area contributed by atoms with Gasteiger partial charge in [0.15, 0.2) is 6.10 Å². The lowest BCUT2D eigenvalue weighted by Crippen LogP contribution is -2.21. The first-order valence-corrected chi connectivity index (χ1v) is 9.75. The van der Waals surface area contributed by atoms with Crippen molar-refractivity contribution in [2.24, 2.45) is 0 Å². The number of ether oxygens (including phenoxy) is 2. The van der Waals surface area contributed by atoms with Crippen LogP contribution >= 0.6 is 0 Å². The first-order valence-electron chi connectivity index (χ1n) is 6.25. The van der Waals surface area contributed by atoms with Crippen LogP contribution in [0, 0.1) is 11.5 Å². The molecule has 0 aliphatic carbocycles. The van der Waals surface area contributed by atoms with Crippen molar-refractivity contribution in [2.45, 2.75) is 58.9 Å². The largest absolute Gasteiger partial charge is 0.509 e. The second kappa shape index (κ2) is 8.18. The lowest BCUT2D eigenvalue weighted by atomic mass is 10.2. The van der Waals surface area contributed by atoms with E-state index in [2.05, 4.69) is 38.0 Å². The molecule has 0 aromatic carbocycles. The number of rotatable bonds is 5. The fourth-order valence-electron chi connectivity index (χ4n) is 1.12. The molecule has 0 unspecified atom stereocenters. The molecule has 3 nitrogen and oxygen atoms in total. The van der Waals surface area contributed by atoms with Crippen LogP contribution in [-0.4, -0.2) is 26.9 Å². The normalized spacial score (nSPS) is 12.3. The van der Waals surface area contributed by atoms with Crippen LogP contribution in [0.15, 0.2) is 0 Å². The lowest BCUT2D eigenvalue weighted by Gasteiger charge is -2.12. The number of carbonyl (C=O) groups excluding carboxylic acids is 1. The summed E-state index contributed by atoms with van der Waals surface area (Å²) in [6, 6.07) is 0. The minimum absolute atomic E-state index is 0.319. The zero-order valence-corrected chi connectivity index (χ0v) is 12.6. The highest BCUT2D eigenvalue weighted by atomic mass is 28.3. The first kappa shape index (κ1) is 16.0. The van der Waals surface area contributed by atoms with Crippen LogP contribution < -0.4 is 0 Å². The van der Waals surface area contributed by atoms with Crippen LogP contribution in [0.1, 0.15) is 33.1 Å². The van der Waals surface area contributed by atoms with Crippen LogP contribution in [0.2, 0.25) is 19.6 Å². The number of unbranched alkanes of at least 4 members (excludes halogenated alkanes) is 1. The average molecular weight is 256 g/mol. The molecular formula is C13H24O3Si. The van der Waals surface area contributed by atoms with Gasteiger partial charge in [0.1, 0.15) is 8.07 Å². The van der Waals surface area contributed by atoms with Crippen molar-refractivity contribution in [3.63, 3.8) is 0 Å². The van der Waals surface area contributed by atoms with E-state index in [1.807, 2.05) is 0 Å². The predicted molar refractivity (Wildman–Crippen MR) is 72.5 cm³/mol. The Labute approximate surface area is 106 Å². The third-order valence-electron chi connectivity index (χ3n) is 1.93. The Hall–Kier alpha value is -0.953. The summed E-state index contributed by atoms with van der Waals surface area (Å²) in [6.07, 6.45) is 1.92. The third-order valence-corrected chi connectivity index (χ3v) is 2.82. The van der Waals surface area contributed by atoms with Gasteiger partial charge in [-0.2, -0.15) is 0 Å². The van der Waals surface area contributed by atoms with Gasteiger partial charge in [0.05, 0.1) is 6.61 Å². The van der Waals surface area contributed by atoms with E-state index in [0.29, 0.717) is 6.61 Å². The second-order valence-corrected chi connectivity index (χ2v) is 9.70. The van der Waals surface area contributed by atoms with E-state index in [1.165, 1.54) is 0 Å². The molecule has 1 atom stereocenters. The topological polar surface area (TPSA) is 35.5 Å². The summed E-state index contributed by atoms with van der Waals surface area (Å²) < 4.78 is 9.94. The molecule has 0 heterocycles. The Morgan fingerprint density at radius 1 is 1.29 bits per heavy atom. The van der Waals surface area contributed by atoms with Crippen molar-refractivity contribution in [3.8, 4) is 11.5 Å². The van der Waals surface area contributed by atoms with Gasteiger partial charge in [-0.25, -0.2) is 4.79 Å². The molecule has 0 saturated heterocycles. The molecule has 0 fully saturated rings. The standard InChI is InChI=1S/C13H24O3Si/c1-6-8-9-12(10-11-17(3,4)5)16-13(14)15-7-2/h12H,6-9H2,1-5H3/t12-/m0/s1. The van der Waals surface area contributed by atoms with Crippen molar-refractivity contribution in [1.82, 2.24) is 0 Å². The average Bonchev–Trinajstić information content (AvgIpc) is 2.21. The van der Waals surface area contributed by atoms with E-state index >= 15 is 0 Å². The van der Waals surface area contributed by atoms with E-state index in [1.54, 1.807) is 6.92 Å². The van der Waals surface area contributed by atoms with Gasteiger partial charge >= 0.3 is 6.16 Å². The van der Waals surface area contributed by atoms with Crippen LogP contribution in [-0.2, 0) is 9.47 Å². The van der Waals surface area contributed by atoms with Crippen molar-refractivity contribution in [2.75, 3.05) is 6.61 Å². The maximum absolute atomic E-state index is 11.2. The summed E-state index contributed by atoms with van der Waals surface area (Å²) in [5, 5.41) is 0. The van der Waals surface area contributed by atoms with Crippen LogP contribution in [0.25, 0.3) is 0 Å². The highest BCUT2D eigenvalue weighted by Gasteiger charge is 2.14. The van der Waals surface area contributed by atoms with Gasteiger partial charge in [0.2, 0.25) is 0 Å². The molecule has 0 aromatic rings. The van der Waals surface area contributed by atoms with E-state index < -0.39 is 14.2 Å². The van der Waals surface area contributed by atoms with Gasteiger partial charge < -0.3 is 9.47 Å². The smallest absolute Gasteiger partial charge is 0.435 e. The zero-order valence-electron chi connectivity index (χ0n) is 11.6. The predicted octanol–water partition coefficient (Wildman–Crippen LogP) is 3.60. The van der Waals surface area contributed by atoms with E-state index in [-0.39, 0.29) is 6.10 Å². The maximum Gasteiger partial charge on any atom is 0.509 e. The molecule has 0 N–H and O–H groups in total. The number of hydrogen-bond donors (Lipinski definition) is 0. The quantitative estimate of drug-likeness (QED) is 0.428. The number of hydrogen-bond acceptors (Lipinski definition) is 3. The van der Waals surface area contributed by atoms with E-state index in [4.69, 9.17) is 9.47 Å². The van der Waals surface area contributed by atoms with Crippen LogP contribution in [0.4, 0.5) is 4.79 Å². The molecule has 98 valence electrons. The molecule has 0 aliphatic heterocycles. The highest BCUT2D eigenvalue weighted by molar-refractivity contribution is 6.83. The zero-order chi connectivity index (χ0) is 13.3. The van der Waals surface area contributed by atoms with Crippen molar-refractivity contribution in [1.29, 1.82) is 0 Å². The molecular weight excluding hydrogens is 232 g/mol. The molecule has 0 spiro atoms. The Morgan fingerprint density at radius 2 is 1.94 bits per heavy atom. The number of carbonyl (C=O) groups is 1. The molecule has 0 saturated carbocycles. The van der Waals surface area contributed by atoms with Crippen LogP contribution in [0.5, 0.6) is 0 Å². The highest BCUT2D eigenvalue weighted by Crippen LogP contribution is 2.07. The monoisotopic (exact) mass is 256 g/mol. The second-order valence-electron chi connectivity index (χ2n) is 4.95.